The lowest BCUT2D eigenvalue weighted by molar-refractivity contribution is 0.867. The molecule has 0 amide bonds. The Bertz CT molecular complexity index is 1040. The number of rotatable bonds is 5. The highest BCUT2D eigenvalue weighted by atomic mass is 15.4. The number of aromatic amines is 1. The average molecular weight is 360 g/mol. The zero-order chi connectivity index (χ0) is 19.0. The van der Waals surface area contributed by atoms with Crippen molar-refractivity contribution in [1.29, 1.82) is 0 Å². The lowest BCUT2D eigenvalue weighted by Gasteiger charge is -2.13. The van der Waals surface area contributed by atoms with Crippen molar-refractivity contribution < 1.29 is 0 Å². The average Bonchev–Trinajstić information content (AvgIpc) is 3.25. The molecule has 138 valence electrons. The molecule has 2 aromatic carbocycles. The zero-order valence-corrected chi connectivity index (χ0v) is 16.1. The largest absolute Gasteiger partial charge is 0.378 e. The number of nitrogens with one attached hydrogen (secondary N) is 2. The Balaban J connectivity index is 1.73. The fraction of sp³-hybridized carbons (Fsp3) is 0.238. The Kier molecular flexibility index (Phi) is 4.32. The summed E-state index contributed by atoms with van der Waals surface area (Å²) in [6.45, 7) is 4.39. The number of aromatic nitrogens is 4. The van der Waals surface area contributed by atoms with Gasteiger partial charge in [0.15, 0.2) is 5.82 Å². The summed E-state index contributed by atoms with van der Waals surface area (Å²) in [7, 11) is 4.07. The van der Waals surface area contributed by atoms with E-state index in [1.807, 2.05) is 18.6 Å². The molecule has 0 aliphatic carbocycles. The minimum absolute atomic E-state index is 0.513. The third-order valence-electron chi connectivity index (χ3n) is 4.72. The SMILES string of the molecule is CC(C)c1ccc(Nc2c(-c3ccc(N(C)C)cc3)nc3nc[nH]n23)cc1. The topological polar surface area (TPSA) is 61.2 Å². The molecule has 0 saturated heterocycles. The van der Waals surface area contributed by atoms with Crippen LogP contribution in [0.5, 0.6) is 0 Å². The Morgan fingerprint density at radius 2 is 1.70 bits per heavy atom. The molecule has 0 unspecified atom stereocenters. The van der Waals surface area contributed by atoms with Crippen LogP contribution in [-0.2, 0) is 0 Å². The summed E-state index contributed by atoms with van der Waals surface area (Å²) in [4.78, 5) is 11.1. The number of H-pyrrole nitrogens is 1. The van der Waals surface area contributed by atoms with Crippen LogP contribution >= 0.6 is 0 Å². The standard InChI is InChI=1S/C21H24N6/c1-14(2)15-5-9-17(10-6-15)24-20-19(25-21-22-13-23-27(20)21)16-7-11-18(12-8-16)26(3)4/h5-14,24H,1-4H3,(H,22,23,25). The van der Waals surface area contributed by atoms with E-state index < -0.39 is 0 Å². The predicted molar refractivity (Wildman–Crippen MR) is 111 cm³/mol. The Labute approximate surface area is 158 Å². The van der Waals surface area contributed by atoms with E-state index in [9.17, 15) is 0 Å². The maximum atomic E-state index is 4.70. The van der Waals surface area contributed by atoms with E-state index in [4.69, 9.17) is 4.98 Å². The Morgan fingerprint density at radius 1 is 1.00 bits per heavy atom. The molecule has 0 atom stereocenters. The molecule has 0 bridgehead atoms. The van der Waals surface area contributed by atoms with E-state index in [-0.39, 0.29) is 0 Å². The first-order valence-corrected chi connectivity index (χ1v) is 9.09. The molecule has 6 nitrogen and oxygen atoms in total. The van der Waals surface area contributed by atoms with Gasteiger partial charge >= 0.3 is 0 Å². The van der Waals surface area contributed by atoms with Gasteiger partial charge in [0.05, 0.1) is 0 Å². The fourth-order valence-corrected chi connectivity index (χ4v) is 3.08. The lowest BCUT2D eigenvalue weighted by atomic mass is 10.0. The molecular formula is C21H24N6. The van der Waals surface area contributed by atoms with E-state index in [0.717, 1.165) is 28.5 Å². The van der Waals surface area contributed by atoms with Crippen LogP contribution in [0.2, 0.25) is 0 Å². The number of hydrogen-bond donors (Lipinski definition) is 2. The number of nitrogens with zero attached hydrogens (tertiary/aromatic N) is 4. The van der Waals surface area contributed by atoms with Crippen LogP contribution in [0.15, 0.2) is 54.9 Å². The van der Waals surface area contributed by atoms with Crippen LogP contribution in [-0.4, -0.2) is 33.7 Å². The molecule has 2 aromatic heterocycles. The highest BCUT2D eigenvalue weighted by Gasteiger charge is 2.16. The highest BCUT2D eigenvalue weighted by molar-refractivity contribution is 5.79. The van der Waals surface area contributed by atoms with Gasteiger partial charge in [-0.2, -0.15) is 0 Å². The normalized spacial score (nSPS) is 11.3. The number of benzene rings is 2. The molecule has 0 saturated carbocycles. The molecule has 0 aliphatic heterocycles. The zero-order valence-electron chi connectivity index (χ0n) is 16.1. The van der Waals surface area contributed by atoms with Gasteiger partial charge < -0.3 is 10.2 Å². The van der Waals surface area contributed by atoms with E-state index in [2.05, 4.69) is 82.7 Å². The Morgan fingerprint density at radius 3 is 2.33 bits per heavy atom. The maximum Gasteiger partial charge on any atom is 0.252 e. The first-order chi connectivity index (χ1) is 13.0. The quantitative estimate of drug-likeness (QED) is 0.543. The van der Waals surface area contributed by atoms with E-state index in [0.29, 0.717) is 11.7 Å². The first kappa shape index (κ1) is 17.1. The van der Waals surface area contributed by atoms with Gasteiger partial charge in [-0.3, -0.25) is 5.10 Å². The van der Waals surface area contributed by atoms with Crippen molar-refractivity contribution in [3.8, 4) is 11.3 Å². The molecule has 0 aliphatic rings. The van der Waals surface area contributed by atoms with Gasteiger partial charge in [-0.15, -0.1) is 0 Å². The van der Waals surface area contributed by atoms with Crippen molar-refractivity contribution in [2.75, 3.05) is 24.3 Å². The van der Waals surface area contributed by atoms with Gasteiger partial charge in [-0.25, -0.2) is 14.5 Å². The summed E-state index contributed by atoms with van der Waals surface area (Å²) in [5.41, 5.74) is 5.40. The first-order valence-electron chi connectivity index (χ1n) is 9.09. The number of imidazole rings is 1. The molecule has 0 fully saturated rings. The predicted octanol–water partition coefficient (Wildman–Crippen LogP) is 4.66. The van der Waals surface area contributed by atoms with Crippen LogP contribution in [0.25, 0.3) is 17.0 Å². The van der Waals surface area contributed by atoms with Gasteiger partial charge in [0.25, 0.3) is 5.78 Å². The van der Waals surface area contributed by atoms with E-state index in [1.54, 1.807) is 6.33 Å². The minimum Gasteiger partial charge on any atom is -0.378 e. The summed E-state index contributed by atoms with van der Waals surface area (Å²) < 4.78 is 1.87. The molecule has 6 heteroatoms. The molecule has 2 N–H and O–H groups in total. The monoisotopic (exact) mass is 360 g/mol. The number of fused-ring (bicyclic) bond motifs is 1. The number of anilines is 3. The minimum atomic E-state index is 0.513. The fourth-order valence-electron chi connectivity index (χ4n) is 3.08. The van der Waals surface area contributed by atoms with Crippen molar-refractivity contribution in [3.05, 3.63) is 60.4 Å². The molecule has 0 radical (unpaired) electrons. The van der Waals surface area contributed by atoms with Gasteiger partial charge in [0, 0.05) is 31.0 Å². The van der Waals surface area contributed by atoms with Crippen LogP contribution < -0.4 is 10.2 Å². The second kappa shape index (κ2) is 6.79. The third kappa shape index (κ3) is 3.26. The van der Waals surface area contributed by atoms with Crippen molar-refractivity contribution in [2.45, 2.75) is 19.8 Å². The maximum absolute atomic E-state index is 4.70. The second-order valence-electron chi connectivity index (χ2n) is 7.17. The second-order valence-corrected chi connectivity index (χ2v) is 7.17. The number of hydrogen-bond acceptors (Lipinski definition) is 4. The van der Waals surface area contributed by atoms with Gasteiger partial charge in [-0.05, 0) is 35.7 Å². The van der Waals surface area contributed by atoms with Crippen molar-refractivity contribution in [1.82, 2.24) is 19.6 Å². The lowest BCUT2D eigenvalue weighted by Crippen LogP contribution is -2.08. The highest BCUT2D eigenvalue weighted by Crippen LogP contribution is 2.31. The summed E-state index contributed by atoms with van der Waals surface area (Å²) >= 11 is 0. The molecule has 0 spiro atoms. The molecule has 4 rings (SSSR count). The molecule has 27 heavy (non-hydrogen) atoms. The van der Waals surface area contributed by atoms with Crippen molar-refractivity contribution in [3.63, 3.8) is 0 Å². The van der Waals surface area contributed by atoms with Crippen LogP contribution in [0.4, 0.5) is 17.2 Å². The van der Waals surface area contributed by atoms with Crippen molar-refractivity contribution in [2.24, 2.45) is 0 Å². The van der Waals surface area contributed by atoms with E-state index in [1.165, 1.54) is 5.56 Å². The van der Waals surface area contributed by atoms with Crippen LogP contribution in [0.3, 0.4) is 0 Å². The molecular weight excluding hydrogens is 336 g/mol. The summed E-state index contributed by atoms with van der Waals surface area (Å²) in [5.74, 6) is 2.03. The third-order valence-corrected chi connectivity index (χ3v) is 4.72. The van der Waals surface area contributed by atoms with Gasteiger partial charge in [-0.1, -0.05) is 38.1 Å². The summed E-state index contributed by atoms with van der Waals surface area (Å²) in [5, 5.41) is 6.63. The Hall–Kier alpha value is -3.28. The van der Waals surface area contributed by atoms with Crippen LogP contribution in [0, 0.1) is 0 Å². The smallest absolute Gasteiger partial charge is 0.252 e. The van der Waals surface area contributed by atoms with Gasteiger partial charge in [0.2, 0.25) is 0 Å². The summed E-state index contributed by atoms with van der Waals surface area (Å²) in [6.07, 6.45) is 1.65. The van der Waals surface area contributed by atoms with Crippen molar-refractivity contribution >= 4 is 23.0 Å². The van der Waals surface area contributed by atoms with Crippen LogP contribution in [0.1, 0.15) is 25.3 Å². The molecule has 2 heterocycles. The van der Waals surface area contributed by atoms with Gasteiger partial charge in [0.1, 0.15) is 12.0 Å². The van der Waals surface area contributed by atoms with E-state index >= 15 is 0 Å². The summed E-state index contributed by atoms with van der Waals surface area (Å²) in [6, 6.07) is 16.9. The molecule has 4 aromatic rings.